The summed E-state index contributed by atoms with van der Waals surface area (Å²) >= 11 is 6.00. The Morgan fingerprint density at radius 3 is 2.71 bits per heavy atom. The zero-order valence-corrected chi connectivity index (χ0v) is 12.4. The first-order valence-electron chi connectivity index (χ1n) is 7.26. The van der Waals surface area contributed by atoms with Crippen LogP contribution in [0.3, 0.4) is 0 Å². The number of nitrogens with zero attached hydrogens (tertiary/aromatic N) is 1. The van der Waals surface area contributed by atoms with E-state index in [1.54, 1.807) is 24.3 Å². The number of hydrogen-bond donors (Lipinski definition) is 0. The number of likely N-dealkylation sites (tertiary alicyclic amines) is 1. The summed E-state index contributed by atoms with van der Waals surface area (Å²) in [5.41, 5.74) is 0.559. The van der Waals surface area contributed by atoms with Crippen molar-refractivity contribution in [3.8, 4) is 0 Å². The Morgan fingerprint density at radius 2 is 1.95 bits per heavy atom. The maximum absolute atomic E-state index is 13.9. The zero-order valence-electron chi connectivity index (χ0n) is 11.7. The molecule has 1 heterocycles. The first-order chi connectivity index (χ1) is 10.2. The molecule has 0 saturated carbocycles. The summed E-state index contributed by atoms with van der Waals surface area (Å²) in [6, 6.07) is 10.1. The van der Waals surface area contributed by atoms with Gasteiger partial charge in [-0.3, -0.25) is 4.79 Å². The van der Waals surface area contributed by atoms with Crippen LogP contribution in [0.25, 0.3) is 10.8 Å². The molecule has 2 aromatic rings. The summed E-state index contributed by atoms with van der Waals surface area (Å²) in [5.74, 6) is 0.108. The number of alkyl halides is 1. The summed E-state index contributed by atoms with van der Waals surface area (Å²) in [6.07, 6.45) is 3.04. The molecule has 21 heavy (non-hydrogen) atoms. The molecule has 1 amide bonds. The Kier molecular flexibility index (Phi) is 4.11. The van der Waals surface area contributed by atoms with Gasteiger partial charge in [0.1, 0.15) is 5.82 Å². The lowest BCUT2D eigenvalue weighted by Gasteiger charge is -2.35. The predicted molar refractivity (Wildman–Crippen MR) is 83.3 cm³/mol. The van der Waals surface area contributed by atoms with Gasteiger partial charge >= 0.3 is 0 Å². The number of carbonyl (C=O) groups excluding carboxylic acids is 1. The molecule has 0 bridgehead atoms. The Hall–Kier alpha value is -1.61. The summed E-state index contributed by atoms with van der Waals surface area (Å²) < 4.78 is 13.9. The lowest BCUT2D eigenvalue weighted by molar-refractivity contribution is 0.0641. The second kappa shape index (κ2) is 6.02. The standard InChI is InChI=1S/C17H17ClFNO/c18-11-12-5-3-4-10-20(12)17(21)15-8-9-16(19)14-7-2-1-6-13(14)15/h1-2,6-9,12H,3-5,10-11H2. The second-order valence-electron chi connectivity index (χ2n) is 5.44. The zero-order chi connectivity index (χ0) is 14.8. The number of benzene rings is 2. The van der Waals surface area contributed by atoms with E-state index in [4.69, 9.17) is 11.6 Å². The highest BCUT2D eigenvalue weighted by Crippen LogP contribution is 2.26. The average molecular weight is 306 g/mol. The molecular weight excluding hydrogens is 289 g/mol. The lowest BCUT2D eigenvalue weighted by atomic mass is 9.99. The molecule has 110 valence electrons. The van der Waals surface area contributed by atoms with Crippen molar-refractivity contribution in [1.82, 2.24) is 4.90 Å². The minimum Gasteiger partial charge on any atom is -0.334 e. The van der Waals surface area contributed by atoms with Gasteiger partial charge in [-0.05, 0) is 36.8 Å². The average Bonchev–Trinajstić information content (AvgIpc) is 2.55. The van der Waals surface area contributed by atoms with Gasteiger partial charge in [0.05, 0.1) is 0 Å². The van der Waals surface area contributed by atoms with E-state index in [1.165, 1.54) is 6.07 Å². The SMILES string of the molecule is O=C(c1ccc(F)c2ccccc12)N1CCCCC1CCl. The molecule has 2 nitrogen and oxygen atoms in total. The molecule has 4 heteroatoms. The van der Waals surface area contributed by atoms with Crippen molar-refractivity contribution < 1.29 is 9.18 Å². The summed E-state index contributed by atoms with van der Waals surface area (Å²) in [6.45, 7) is 0.724. The number of rotatable bonds is 2. The maximum atomic E-state index is 13.9. The lowest BCUT2D eigenvalue weighted by Crippen LogP contribution is -2.44. The van der Waals surface area contributed by atoms with Gasteiger partial charge in [0, 0.05) is 29.4 Å². The highest BCUT2D eigenvalue weighted by Gasteiger charge is 2.27. The van der Waals surface area contributed by atoms with Crippen LogP contribution in [0, 0.1) is 5.82 Å². The van der Waals surface area contributed by atoms with E-state index in [0.29, 0.717) is 22.2 Å². The quantitative estimate of drug-likeness (QED) is 0.761. The van der Waals surface area contributed by atoms with Crippen LogP contribution in [0.15, 0.2) is 36.4 Å². The van der Waals surface area contributed by atoms with Crippen LogP contribution in [0.5, 0.6) is 0 Å². The molecule has 0 N–H and O–H groups in total. The minimum atomic E-state index is -0.297. The fourth-order valence-electron chi connectivity index (χ4n) is 3.03. The van der Waals surface area contributed by atoms with Crippen LogP contribution >= 0.6 is 11.6 Å². The Bertz CT molecular complexity index is 673. The van der Waals surface area contributed by atoms with Crippen LogP contribution < -0.4 is 0 Å². The van der Waals surface area contributed by atoms with Crippen LogP contribution in [0.2, 0.25) is 0 Å². The molecule has 0 aromatic heterocycles. The summed E-state index contributed by atoms with van der Waals surface area (Å²) in [7, 11) is 0. The minimum absolute atomic E-state index is 0.0449. The van der Waals surface area contributed by atoms with E-state index in [9.17, 15) is 9.18 Å². The fraction of sp³-hybridized carbons (Fsp3) is 0.353. The molecule has 1 saturated heterocycles. The van der Waals surface area contributed by atoms with Crippen LogP contribution in [-0.2, 0) is 0 Å². The molecule has 1 aliphatic heterocycles. The predicted octanol–water partition coefficient (Wildman–Crippen LogP) is 4.21. The van der Waals surface area contributed by atoms with Gasteiger partial charge in [-0.2, -0.15) is 0 Å². The van der Waals surface area contributed by atoms with Crippen LogP contribution in [0.1, 0.15) is 29.6 Å². The second-order valence-corrected chi connectivity index (χ2v) is 5.75. The molecule has 1 fully saturated rings. The smallest absolute Gasteiger partial charge is 0.254 e. The fourth-order valence-corrected chi connectivity index (χ4v) is 3.35. The summed E-state index contributed by atoms with van der Waals surface area (Å²) in [5, 5.41) is 1.16. The Balaban J connectivity index is 2.03. The van der Waals surface area contributed by atoms with Crippen LogP contribution in [-0.4, -0.2) is 29.3 Å². The van der Waals surface area contributed by atoms with Crippen molar-refractivity contribution in [2.45, 2.75) is 25.3 Å². The largest absolute Gasteiger partial charge is 0.334 e. The van der Waals surface area contributed by atoms with Crippen molar-refractivity contribution in [2.75, 3.05) is 12.4 Å². The van der Waals surface area contributed by atoms with Gasteiger partial charge in [-0.15, -0.1) is 11.6 Å². The third kappa shape index (κ3) is 2.62. The van der Waals surface area contributed by atoms with Gasteiger partial charge in [0.15, 0.2) is 0 Å². The van der Waals surface area contributed by atoms with Gasteiger partial charge in [-0.1, -0.05) is 24.3 Å². The first-order valence-corrected chi connectivity index (χ1v) is 7.80. The maximum Gasteiger partial charge on any atom is 0.254 e. The molecule has 2 aromatic carbocycles. The molecule has 0 spiro atoms. The van der Waals surface area contributed by atoms with Gasteiger partial charge < -0.3 is 4.90 Å². The number of halogens is 2. The monoisotopic (exact) mass is 305 g/mol. The van der Waals surface area contributed by atoms with E-state index in [0.717, 1.165) is 25.8 Å². The first kappa shape index (κ1) is 14.3. The Labute approximate surface area is 128 Å². The van der Waals surface area contributed by atoms with E-state index in [-0.39, 0.29) is 17.8 Å². The van der Waals surface area contributed by atoms with Crippen molar-refractivity contribution in [2.24, 2.45) is 0 Å². The molecule has 1 unspecified atom stereocenters. The van der Waals surface area contributed by atoms with E-state index in [2.05, 4.69) is 0 Å². The number of amides is 1. The molecule has 0 aliphatic carbocycles. The van der Waals surface area contributed by atoms with Gasteiger partial charge in [0.2, 0.25) is 0 Å². The molecule has 3 rings (SSSR count). The number of carbonyl (C=O) groups is 1. The number of hydrogen-bond acceptors (Lipinski definition) is 1. The third-order valence-corrected chi connectivity index (χ3v) is 4.52. The highest BCUT2D eigenvalue weighted by atomic mass is 35.5. The number of piperidine rings is 1. The molecule has 1 aliphatic rings. The van der Waals surface area contributed by atoms with Crippen molar-refractivity contribution in [1.29, 1.82) is 0 Å². The topological polar surface area (TPSA) is 20.3 Å². The van der Waals surface area contributed by atoms with Crippen molar-refractivity contribution in [3.05, 3.63) is 47.8 Å². The van der Waals surface area contributed by atoms with Gasteiger partial charge in [0.25, 0.3) is 5.91 Å². The highest BCUT2D eigenvalue weighted by molar-refractivity contribution is 6.18. The van der Waals surface area contributed by atoms with E-state index in [1.807, 2.05) is 11.0 Å². The van der Waals surface area contributed by atoms with Crippen molar-refractivity contribution in [3.63, 3.8) is 0 Å². The molecular formula is C17H17ClFNO. The van der Waals surface area contributed by atoms with Crippen LogP contribution in [0.4, 0.5) is 4.39 Å². The normalized spacial score (nSPS) is 19.0. The molecule has 0 radical (unpaired) electrons. The van der Waals surface area contributed by atoms with E-state index >= 15 is 0 Å². The van der Waals surface area contributed by atoms with E-state index < -0.39 is 0 Å². The molecule has 1 atom stereocenters. The number of fused-ring (bicyclic) bond motifs is 1. The third-order valence-electron chi connectivity index (χ3n) is 4.17. The van der Waals surface area contributed by atoms with Gasteiger partial charge in [-0.25, -0.2) is 4.39 Å². The van der Waals surface area contributed by atoms with Crippen molar-refractivity contribution >= 4 is 28.3 Å². The Morgan fingerprint density at radius 1 is 1.19 bits per heavy atom. The summed E-state index contributed by atoms with van der Waals surface area (Å²) in [4.78, 5) is 14.7.